The molecule has 0 radical (unpaired) electrons. The molecule has 10 heavy (non-hydrogen) atoms. The lowest BCUT2D eigenvalue weighted by Crippen LogP contribution is -2.26. The number of nitrogens with zero attached hydrogens (tertiary/aromatic N) is 1. The molecule has 4 nitrogen and oxygen atoms in total. The van der Waals surface area contributed by atoms with Crippen molar-refractivity contribution in [2.45, 2.75) is 13.0 Å². The van der Waals surface area contributed by atoms with Crippen LogP contribution in [0.4, 0.5) is 0 Å². The highest BCUT2D eigenvalue weighted by atomic mass is 32.2. The molecule has 0 heterocycles. The average molecular weight is 166 g/mol. The molecule has 0 amide bonds. The summed E-state index contributed by atoms with van der Waals surface area (Å²) in [5, 5.41) is 0. The van der Waals surface area contributed by atoms with Crippen molar-refractivity contribution in [2.75, 3.05) is 20.6 Å². The Hall–Kier alpha value is 0.0300. The van der Waals surface area contributed by atoms with Crippen LogP contribution in [-0.4, -0.2) is 40.4 Å². The van der Waals surface area contributed by atoms with Crippen molar-refractivity contribution >= 4 is 11.4 Å². The Kier molecular flexibility index (Phi) is 4.80. The zero-order valence-electron chi connectivity index (χ0n) is 6.36. The standard InChI is InChI=1S/C5H13NO3S/c1-5(4-6(2)3)9-10(7)8/h5H,4H2,1-3H3,(H,7,8)/p-1. The van der Waals surface area contributed by atoms with Crippen molar-refractivity contribution in [1.29, 1.82) is 0 Å². The van der Waals surface area contributed by atoms with Gasteiger partial charge in [0, 0.05) is 6.54 Å². The van der Waals surface area contributed by atoms with Crippen LogP contribution in [0, 0.1) is 0 Å². The summed E-state index contributed by atoms with van der Waals surface area (Å²) in [6, 6.07) is 0. The molecule has 0 aromatic heterocycles. The first-order valence-electron chi connectivity index (χ1n) is 2.93. The van der Waals surface area contributed by atoms with Gasteiger partial charge in [0.15, 0.2) is 0 Å². The van der Waals surface area contributed by atoms with E-state index in [9.17, 15) is 8.76 Å². The summed E-state index contributed by atoms with van der Waals surface area (Å²) in [7, 11) is 3.71. The van der Waals surface area contributed by atoms with Crippen molar-refractivity contribution < 1.29 is 12.9 Å². The quantitative estimate of drug-likeness (QED) is 0.540. The minimum Gasteiger partial charge on any atom is -0.750 e. The monoisotopic (exact) mass is 166 g/mol. The molecule has 0 aromatic rings. The fourth-order valence-corrected chi connectivity index (χ4v) is 1.01. The van der Waals surface area contributed by atoms with Crippen molar-refractivity contribution in [3.63, 3.8) is 0 Å². The third-order valence-electron chi connectivity index (χ3n) is 0.865. The van der Waals surface area contributed by atoms with Gasteiger partial charge in [0.05, 0.1) is 17.5 Å². The molecule has 0 saturated heterocycles. The summed E-state index contributed by atoms with van der Waals surface area (Å²) in [6.45, 7) is 2.31. The summed E-state index contributed by atoms with van der Waals surface area (Å²) in [5.41, 5.74) is 0. The van der Waals surface area contributed by atoms with Gasteiger partial charge in [0.25, 0.3) is 0 Å². The van der Waals surface area contributed by atoms with Crippen LogP contribution in [0.25, 0.3) is 0 Å². The molecular weight excluding hydrogens is 154 g/mol. The number of hydrogen-bond acceptors (Lipinski definition) is 4. The molecule has 0 aliphatic carbocycles. The van der Waals surface area contributed by atoms with E-state index in [0.29, 0.717) is 6.54 Å². The van der Waals surface area contributed by atoms with Gasteiger partial charge >= 0.3 is 0 Å². The lowest BCUT2D eigenvalue weighted by Gasteiger charge is -2.17. The van der Waals surface area contributed by atoms with Crippen LogP contribution in [0.3, 0.4) is 0 Å². The van der Waals surface area contributed by atoms with E-state index in [1.807, 2.05) is 19.0 Å². The summed E-state index contributed by atoms with van der Waals surface area (Å²) in [4.78, 5) is 1.86. The number of rotatable bonds is 4. The SMILES string of the molecule is CC(CN(C)C)OS(=O)[O-]. The molecule has 2 unspecified atom stereocenters. The van der Waals surface area contributed by atoms with E-state index in [1.54, 1.807) is 6.92 Å². The molecule has 0 spiro atoms. The third-order valence-corrected chi connectivity index (χ3v) is 1.35. The fraction of sp³-hybridized carbons (Fsp3) is 1.00. The molecule has 0 rings (SSSR count). The van der Waals surface area contributed by atoms with Crippen LogP contribution in [-0.2, 0) is 15.5 Å². The first kappa shape index (κ1) is 10.0. The molecule has 62 valence electrons. The van der Waals surface area contributed by atoms with Crippen LogP contribution >= 0.6 is 0 Å². The van der Waals surface area contributed by atoms with Crippen molar-refractivity contribution in [3.8, 4) is 0 Å². The highest BCUT2D eigenvalue weighted by Gasteiger charge is 2.02. The second kappa shape index (κ2) is 4.79. The largest absolute Gasteiger partial charge is 0.750 e. The molecule has 0 saturated carbocycles. The zero-order valence-corrected chi connectivity index (χ0v) is 7.18. The Balaban J connectivity index is 3.43. The summed E-state index contributed by atoms with van der Waals surface area (Å²) < 4.78 is 24.3. The van der Waals surface area contributed by atoms with Gasteiger partial charge in [-0.25, -0.2) is 4.21 Å². The Morgan fingerprint density at radius 1 is 1.70 bits per heavy atom. The molecule has 0 aliphatic rings. The first-order valence-corrected chi connectivity index (χ1v) is 3.93. The van der Waals surface area contributed by atoms with E-state index in [0.717, 1.165) is 0 Å². The van der Waals surface area contributed by atoms with Crippen LogP contribution in [0.5, 0.6) is 0 Å². The van der Waals surface area contributed by atoms with Gasteiger partial charge in [-0.3, -0.25) is 4.18 Å². The second-order valence-electron chi connectivity index (χ2n) is 2.37. The minimum atomic E-state index is -2.39. The first-order chi connectivity index (χ1) is 4.52. The van der Waals surface area contributed by atoms with Crippen LogP contribution in [0.2, 0.25) is 0 Å². The summed E-state index contributed by atoms with van der Waals surface area (Å²) in [5.74, 6) is 0. The molecule has 0 fully saturated rings. The normalized spacial score (nSPS) is 17.3. The highest BCUT2D eigenvalue weighted by molar-refractivity contribution is 7.74. The Labute approximate surface area is 63.7 Å². The number of likely N-dealkylation sites (N-methyl/N-ethyl adjacent to an activating group) is 1. The Bertz CT molecular complexity index is 117. The maximum absolute atomic E-state index is 9.95. The predicted molar refractivity (Wildman–Crippen MR) is 38.0 cm³/mol. The topological polar surface area (TPSA) is 52.6 Å². The highest BCUT2D eigenvalue weighted by Crippen LogP contribution is 1.93. The van der Waals surface area contributed by atoms with Crippen LogP contribution in [0.15, 0.2) is 0 Å². The van der Waals surface area contributed by atoms with Gasteiger partial charge in [-0.2, -0.15) is 0 Å². The van der Waals surface area contributed by atoms with Crippen molar-refractivity contribution in [1.82, 2.24) is 4.90 Å². The maximum Gasteiger partial charge on any atom is 0.0845 e. The molecule has 0 N–H and O–H groups in total. The molecule has 5 heteroatoms. The predicted octanol–water partition coefficient (Wildman–Crippen LogP) is -0.253. The summed E-state index contributed by atoms with van der Waals surface area (Å²) >= 11 is -2.39. The maximum atomic E-state index is 9.95. The van der Waals surface area contributed by atoms with E-state index < -0.39 is 11.4 Å². The molecule has 0 bridgehead atoms. The van der Waals surface area contributed by atoms with Gasteiger partial charge in [-0.15, -0.1) is 0 Å². The summed E-state index contributed by atoms with van der Waals surface area (Å²) in [6.07, 6.45) is -0.270. The minimum absolute atomic E-state index is 0.270. The fourth-order valence-electron chi connectivity index (χ4n) is 0.679. The van der Waals surface area contributed by atoms with Gasteiger partial charge in [0.1, 0.15) is 0 Å². The lowest BCUT2D eigenvalue weighted by atomic mass is 10.4. The van der Waals surface area contributed by atoms with E-state index >= 15 is 0 Å². The third kappa shape index (κ3) is 6.15. The molecular formula is C5H12NO3S-. The van der Waals surface area contributed by atoms with Gasteiger partial charge in [-0.05, 0) is 21.0 Å². The zero-order chi connectivity index (χ0) is 8.15. The van der Waals surface area contributed by atoms with Gasteiger partial charge in [-0.1, -0.05) is 0 Å². The molecule has 0 aliphatic heterocycles. The van der Waals surface area contributed by atoms with E-state index in [2.05, 4.69) is 4.18 Å². The Morgan fingerprint density at radius 2 is 2.20 bits per heavy atom. The van der Waals surface area contributed by atoms with E-state index in [4.69, 9.17) is 0 Å². The smallest absolute Gasteiger partial charge is 0.0845 e. The van der Waals surface area contributed by atoms with Gasteiger partial charge in [0.2, 0.25) is 0 Å². The second-order valence-corrected chi connectivity index (χ2v) is 2.97. The molecule has 0 aromatic carbocycles. The van der Waals surface area contributed by atoms with Crippen LogP contribution in [0.1, 0.15) is 6.92 Å². The van der Waals surface area contributed by atoms with Crippen LogP contribution < -0.4 is 0 Å². The van der Waals surface area contributed by atoms with Crippen molar-refractivity contribution in [2.24, 2.45) is 0 Å². The average Bonchev–Trinajstić information content (AvgIpc) is 1.58. The Morgan fingerprint density at radius 3 is 2.50 bits per heavy atom. The lowest BCUT2D eigenvalue weighted by molar-refractivity contribution is 0.177. The molecule has 2 atom stereocenters. The van der Waals surface area contributed by atoms with E-state index in [1.165, 1.54) is 0 Å². The van der Waals surface area contributed by atoms with Gasteiger partial charge < -0.3 is 9.45 Å². The number of hydrogen-bond donors (Lipinski definition) is 0. The van der Waals surface area contributed by atoms with E-state index in [-0.39, 0.29) is 6.10 Å². The van der Waals surface area contributed by atoms with Crippen molar-refractivity contribution in [3.05, 3.63) is 0 Å².